The fourth-order valence-electron chi connectivity index (χ4n) is 3.69. The van der Waals surface area contributed by atoms with Gasteiger partial charge in [-0.3, -0.25) is 4.79 Å². The van der Waals surface area contributed by atoms with Crippen molar-refractivity contribution in [2.24, 2.45) is 5.92 Å². The minimum atomic E-state index is -0.0804. The summed E-state index contributed by atoms with van der Waals surface area (Å²) in [6.45, 7) is 5.13. The molecule has 2 aromatic carbocycles. The summed E-state index contributed by atoms with van der Waals surface area (Å²) >= 11 is 0. The molecule has 3 rings (SSSR count). The summed E-state index contributed by atoms with van der Waals surface area (Å²) in [6, 6.07) is 17.1. The molecule has 0 fully saturated rings. The largest absolute Gasteiger partial charge is 0.494 e. The lowest BCUT2D eigenvalue weighted by molar-refractivity contribution is -0.148. The molecule has 1 unspecified atom stereocenters. The van der Waals surface area contributed by atoms with Crippen LogP contribution in [0.15, 0.2) is 48.5 Å². The minimum Gasteiger partial charge on any atom is -0.494 e. The van der Waals surface area contributed by atoms with Gasteiger partial charge in [0.25, 0.3) is 0 Å². The van der Waals surface area contributed by atoms with Crippen molar-refractivity contribution >= 4 is 17.6 Å². The number of hydrogen-bond donors (Lipinski definition) is 0. The summed E-state index contributed by atoms with van der Waals surface area (Å²) in [5.74, 6) is 0.872. The van der Waals surface area contributed by atoms with Gasteiger partial charge in [-0.1, -0.05) is 56.3 Å². The van der Waals surface area contributed by atoms with Crippen LogP contribution in [0.1, 0.15) is 69.1 Å². The number of carbonyl (C=O) groups excluding carboxylic acids is 1. The van der Waals surface area contributed by atoms with Crippen LogP contribution >= 0.6 is 0 Å². The highest BCUT2D eigenvalue weighted by Crippen LogP contribution is 2.31. The fraction of sp³-hybridized carbons (Fsp3) is 0.444. The molecule has 0 saturated heterocycles. The number of aryl methyl sites for hydroxylation is 1. The molecule has 0 bridgehead atoms. The maximum absolute atomic E-state index is 11.6. The summed E-state index contributed by atoms with van der Waals surface area (Å²) in [4.78, 5) is 11.6. The molecule has 0 aliphatic heterocycles. The van der Waals surface area contributed by atoms with Crippen molar-refractivity contribution in [3.63, 3.8) is 0 Å². The van der Waals surface area contributed by atoms with Crippen molar-refractivity contribution < 1.29 is 14.3 Å². The third-order valence-corrected chi connectivity index (χ3v) is 5.80. The predicted molar refractivity (Wildman–Crippen MR) is 123 cm³/mol. The zero-order valence-electron chi connectivity index (χ0n) is 18.4. The standard InChI is InChI=1S/C27H34O3/c1-3-21(2)27(28)30-18-9-5-8-17-29-26-16-15-25-19-23(13-10-14-24(25)20-26)22-11-6-4-7-12-22/h4,6-7,11-12,15-16,19-21H,3,5,8-10,13-14,17-18H2,1-2H3. The van der Waals surface area contributed by atoms with E-state index in [1.165, 1.54) is 22.3 Å². The van der Waals surface area contributed by atoms with Gasteiger partial charge in [-0.2, -0.15) is 0 Å². The van der Waals surface area contributed by atoms with Crippen molar-refractivity contribution in [2.45, 2.75) is 58.8 Å². The number of allylic oxidation sites excluding steroid dienone is 1. The first-order valence-corrected chi connectivity index (χ1v) is 11.4. The number of carbonyl (C=O) groups is 1. The Balaban J connectivity index is 1.44. The number of fused-ring (bicyclic) bond motifs is 1. The van der Waals surface area contributed by atoms with Gasteiger partial charge >= 0.3 is 5.97 Å². The number of hydrogen-bond acceptors (Lipinski definition) is 3. The zero-order chi connectivity index (χ0) is 21.2. The summed E-state index contributed by atoms with van der Waals surface area (Å²) in [6.07, 6.45) is 9.38. The minimum absolute atomic E-state index is 0.000148. The van der Waals surface area contributed by atoms with E-state index >= 15 is 0 Å². The van der Waals surface area contributed by atoms with Crippen LogP contribution in [0, 0.1) is 5.92 Å². The van der Waals surface area contributed by atoms with E-state index in [4.69, 9.17) is 9.47 Å². The second-order valence-corrected chi connectivity index (χ2v) is 8.14. The van der Waals surface area contributed by atoms with Gasteiger partial charge < -0.3 is 9.47 Å². The van der Waals surface area contributed by atoms with Gasteiger partial charge in [0, 0.05) is 0 Å². The molecule has 1 aliphatic rings. The highest BCUT2D eigenvalue weighted by molar-refractivity contribution is 5.83. The van der Waals surface area contributed by atoms with E-state index in [9.17, 15) is 4.79 Å². The third kappa shape index (κ3) is 6.48. The molecule has 3 heteroatoms. The lowest BCUT2D eigenvalue weighted by Crippen LogP contribution is -2.14. The van der Waals surface area contributed by atoms with E-state index in [0.717, 1.165) is 50.7 Å². The molecule has 0 amide bonds. The average molecular weight is 407 g/mol. The van der Waals surface area contributed by atoms with Gasteiger partial charge in [0.1, 0.15) is 5.75 Å². The van der Waals surface area contributed by atoms with Gasteiger partial charge in [0.05, 0.1) is 19.1 Å². The van der Waals surface area contributed by atoms with Gasteiger partial charge in [-0.25, -0.2) is 0 Å². The van der Waals surface area contributed by atoms with Crippen molar-refractivity contribution in [3.8, 4) is 5.75 Å². The molecular formula is C27H34O3. The summed E-state index contributed by atoms with van der Waals surface area (Å²) in [5.41, 5.74) is 5.41. The Morgan fingerprint density at radius 3 is 2.60 bits per heavy atom. The SMILES string of the molecule is CCC(C)C(=O)OCCCCCOc1ccc2c(c1)CCCC(c1ccccc1)=C2. The maximum atomic E-state index is 11.6. The second-order valence-electron chi connectivity index (χ2n) is 8.14. The normalized spacial score (nSPS) is 14.3. The molecule has 1 atom stereocenters. The zero-order valence-corrected chi connectivity index (χ0v) is 18.4. The molecule has 0 aromatic heterocycles. The fourth-order valence-corrected chi connectivity index (χ4v) is 3.69. The quantitative estimate of drug-likeness (QED) is 0.325. The molecule has 30 heavy (non-hydrogen) atoms. The molecular weight excluding hydrogens is 372 g/mol. The highest BCUT2D eigenvalue weighted by Gasteiger charge is 2.12. The van der Waals surface area contributed by atoms with Crippen molar-refractivity contribution in [1.82, 2.24) is 0 Å². The summed E-state index contributed by atoms with van der Waals surface area (Å²) in [7, 11) is 0. The highest BCUT2D eigenvalue weighted by atomic mass is 16.5. The van der Waals surface area contributed by atoms with Gasteiger partial charge in [0.2, 0.25) is 0 Å². The van der Waals surface area contributed by atoms with Crippen molar-refractivity contribution in [1.29, 1.82) is 0 Å². The molecule has 2 aromatic rings. The molecule has 0 saturated carbocycles. The number of unbranched alkanes of at least 4 members (excludes halogenated alkanes) is 2. The first-order valence-electron chi connectivity index (χ1n) is 11.4. The van der Waals surface area contributed by atoms with Crippen LogP contribution in [0.5, 0.6) is 5.75 Å². The number of benzene rings is 2. The third-order valence-electron chi connectivity index (χ3n) is 5.80. The Morgan fingerprint density at radius 1 is 1.00 bits per heavy atom. The number of ether oxygens (including phenoxy) is 2. The monoisotopic (exact) mass is 406 g/mol. The molecule has 0 radical (unpaired) electrons. The van der Waals surface area contributed by atoms with E-state index < -0.39 is 0 Å². The molecule has 0 N–H and O–H groups in total. The van der Waals surface area contributed by atoms with Gasteiger partial charge in [-0.15, -0.1) is 0 Å². The summed E-state index contributed by atoms with van der Waals surface area (Å²) in [5, 5.41) is 0. The number of esters is 1. The molecule has 160 valence electrons. The van der Waals surface area contributed by atoms with Crippen LogP contribution in [0.3, 0.4) is 0 Å². The Kier molecular flexibility index (Phi) is 8.55. The molecule has 3 nitrogen and oxygen atoms in total. The van der Waals surface area contributed by atoms with E-state index in [2.05, 4.69) is 54.6 Å². The second kappa shape index (κ2) is 11.6. The van der Waals surface area contributed by atoms with Crippen molar-refractivity contribution in [2.75, 3.05) is 13.2 Å². The molecule has 1 aliphatic carbocycles. The smallest absolute Gasteiger partial charge is 0.308 e. The van der Waals surface area contributed by atoms with Crippen LogP contribution in [0.4, 0.5) is 0 Å². The summed E-state index contributed by atoms with van der Waals surface area (Å²) < 4.78 is 11.3. The Bertz CT molecular complexity index is 838. The van der Waals surface area contributed by atoms with Crippen molar-refractivity contribution in [3.05, 3.63) is 65.2 Å². The van der Waals surface area contributed by atoms with E-state index in [1.807, 2.05) is 13.8 Å². The Morgan fingerprint density at radius 2 is 1.80 bits per heavy atom. The van der Waals surface area contributed by atoms with Crippen LogP contribution < -0.4 is 4.74 Å². The van der Waals surface area contributed by atoms with Gasteiger partial charge in [0.15, 0.2) is 0 Å². The maximum Gasteiger partial charge on any atom is 0.308 e. The lowest BCUT2D eigenvalue weighted by Gasteiger charge is -2.11. The predicted octanol–water partition coefficient (Wildman–Crippen LogP) is 6.70. The van der Waals surface area contributed by atoms with Crippen LogP contribution in [-0.4, -0.2) is 19.2 Å². The number of rotatable bonds is 10. The van der Waals surface area contributed by atoms with E-state index in [0.29, 0.717) is 13.2 Å². The molecule has 0 spiro atoms. The first kappa shape index (κ1) is 22.1. The lowest BCUT2D eigenvalue weighted by atomic mass is 10.0. The first-order chi connectivity index (χ1) is 14.7. The Hall–Kier alpha value is -2.55. The topological polar surface area (TPSA) is 35.5 Å². The molecule has 0 heterocycles. The Labute approximate surface area is 181 Å². The van der Waals surface area contributed by atoms with Crippen LogP contribution in [0.2, 0.25) is 0 Å². The van der Waals surface area contributed by atoms with E-state index in [-0.39, 0.29) is 11.9 Å². The van der Waals surface area contributed by atoms with Gasteiger partial charge in [-0.05, 0) is 79.3 Å². The average Bonchev–Trinajstić information content (AvgIpc) is 3.00. The van der Waals surface area contributed by atoms with E-state index in [1.54, 1.807) is 0 Å². The van der Waals surface area contributed by atoms with Crippen LogP contribution in [-0.2, 0) is 16.0 Å². The van der Waals surface area contributed by atoms with Crippen LogP contribution in [0.25, 0.3) is 11.6 Å².